The highest BCUT2D eigenvalue weighted by Crippen LogP contribution is 2.42. The van der Waals surface area contributed by atoms with Crippen LogP contribution in [0.3, 0.4) is 0 Å². The van der Waals surface area contributed by atoms with Crippen molar-refractivity contribution in [1.82, 2.24) is 0 Å². The second-order valence-electron chi connectivity index (χ2n) is 5.96. The molecule has 2 aliphatic carbocycles. The number of rotatable bonds is 3. The monoisotopic (exact) mass is 259 g/mol. The predicted molar refractivity (Wildman–Crippen MR) is 75.2 cm³/mol. The predicted octanol–water partition coefficient (Wildman–Crippen LogP) is 2.30. The summed E-state index contributed by atoms with van der Waals surface area (Å²) in [5.74, 6) is 0.0687. The van der Waals surface area contributed by atoms with Crippen molar-refractivity contribution in [3.8, 4) is 0 Å². The van der Waals surface area contributed by atoms with Crippen LogP contribution in [-0.2, 0) is 17.6 Å². The Kier molecular flexibility index (Phi) is 3.09. The highest BCUT2D eigenvalue weighted by molar-refractivity contribution is 5.98. The summed E-state index contributed by atoms with van der Waals surface area (Å²) in [7, 11) is 1.83. The SMILES string of the molecule is CN(C(=O)C1(CO)CCC1)c1ccc2c(c1)CCC2. The van der Waals surface area contributed by atoms with E-state index in [2.05, 4.69) is 12.1 Å². The molecule has 102 valence electrons. The second kappa shape index (κ2) is 4.64. The van der Waals surface area contributed by atoms with Crippen LogP contribution in [0.4, 0.5) is 5.69 Å². The summed E-state index contributed by atoms with van der Waals surface area (Å²) in [6.07, 6.45) is 6.18. The molecule has 0 saturated heterocycles. The molecule has 0 radical (unpaired) electrons. The Morgan fingerprint density at radius 1 is 1.26 bits per heavy atom. The Morgan fingerprint density at radius 3 is 2.63 bits per heavy atom. The van der Waals surface area contributed by atoms with Crippen molar-refractivity contribution in [1.29, 1.82) is 0 Å². The van der Waals surface area contributed by atoms with E-state index in [1.165, 1.54) is 17.5 Å². The number of benzene rings is 1. The molecule has 3 heteroatoms. The molecule has 1 aromatic carbocycles. The van der Waals surface area contributed by atoms with Crippen LogP contribution in [0.5, 0.6) is 0 Å². The van der Waals surface area contributed by atoms with E-state index >= 15 is 0 Å². The summed E-state index contributed by atoms with van der Waals surface area (Å²) in [5.41, 5.74) is 3.26. The first-order valence-electron chi connectivity index (χ1n) is 7.17. The van der Waals surface area contributed by atoms with Gasteiger partial charge in [0.2, 0.25) is 5.91 Å². The summed E-state index contributed by atoms with van der Waals surface area (Å²) in [4.78, 5) is 14.3. The van der Waals surface area contributed by atoms with Crippen LogP contribution in [0, 0.1) is 5.41 Å². The van der Waals surface area contributed by atoms with Crippen LogP contribution in [0.2, 0.25) is 0 Å². The van der Waals surface area contributed by atoms with Gasteiger partial charge in [0.25, 0.3) is 0 Å². The van der Waals surface area contributed by atoms with Gasteiger partial charge in [-0.05, 0) is 55.4 Å². The van der Waals surface area contributed by atoms with Gasteiger partial charge < -0.3 is 10.0 Å². The smallest absolute Gasteiger partial charge is 0.235 e. The van der Waals surface area contributed by atoms with Crippen molar-refractivity contribution < 1.29 is 9.90 Å². The Hall–Kier alpha value is -1.35. The molecule has 1 saturated carbocycles. The molecule has 19 heavy (non-hydrogen) atoms. The standard InChI is InChI=1S/C16H21NO2/c1-17(15(19)16(11-18)8-3-9-16)14-7-6-12-4-2-5-13(12)10-14/h6-7,10,18H,2-5,8-9,11H2,1H3. The zero-order chi connectivity index (χ0) is 13.5. The van der Waals surface area contributed by atoms with Crippen LogP contribution < -0.4 is 4.90 Å². The number of carbonyl (C=O) groups excluding carboxylic acids is 1. The maximum atomic E-state index is 12.5. The van der Waals surface area contributed by atoms with Gasteiger partial charge in [-0.3, -0.25) is 4.79 Å². The third kappa shape index (κ3) is 1.96. The Balaban J connectivity index is 1.83. The fourth-order valence-electron chi connectivity index (χ4n) is 3.28. The molecule has 0 bridgehead atoms. The number of fused-ring (bicyclic) bond motifs is 1. The summed E-state index contributed by atoms with van der Waals surface area (Å²) < 4.78 is 0. The first-order valence-corrected chi connectivity index (χ1v) is 7.17. The number of hydrogen-bond acceptors (Lipinski definition) is 2. The van der Waals surface area contributed by atoms with Gasteiger partial charge in [0, 0.05) is 12.7 Å². The van der Waals surface area contributed by atoms with Gasteiger partial charge in [0.05, 0.1) is 12.0 Å². The molecule has 0 atom stereocenters. The van der Waals surface area contributed by atoms with Gasteiger partial charge in [-0.1, -0.05) is 12.5 Å². The van der Waals surface area contributed by atoms with E-state index < -0.39 is 5.41 Å². The molecule has 0 aromatic heterocycles. The van der Waals surface area contributed by atoms with E-state index in [4.69, 9.17) is 0 Å². The normalized spacial score (nSPS) is 19.7. The minimum Gasteiger partial charge on any atom is -0.395 e. The lowest BCUT2D eigenvalue weighted by atomic mass is 9.68. The average Bonchev–Trinajstić information content (AvgIpc) is 2.84. The minimum absolute atomic E-state index is 0.0267. The van der Waals surface area contributed by atoms with E-state index in [0.717, 1.165) is 37.8 Å². The van der Waals surface area contributed by atoms with Crippen LogP contribution in [0.1, 0.15) is 36.8 Å². The quantitative estimate of drug-likeness (QED) is 0.905. The lowest BCUT2D eigenvalue weighted by Gasteiger charge is -2.41. The topological polar surface area (TPSA) is 40.5 Å². The summed E-state index contributed by atoms with van der Waals surface area (Å²) >= 11 is 0. The lowest BCUT2D eigenvalue weighted by Crippen LogP contribution is -2.49. The van der Waals surface area contributed by atoms with Gasteiger partial charge in [-0.25, -0.2) is 0 Å². The van der Waals surface area contributed by atoms with Crippen molar-refractivity contribution in [3.63, 3.8) is 0 Å². The molecular weight excluding hydrogens is 238 g/mol. The molecule has 1 aromatic rings. The van der Waals surface area contributed by atoms with Gasteiger partial charge >= 0.3 is 0 Å². The maximum absolute atomic E-state index is 12.5. The molecule has 2 aliphatic rings. The Morgan fingerprint density at radius 2 is 2.00 bits per heavy atom. The number of aliphatic hydroxyl groups is 1. The number of hydrogen-bond donors (Lipinski definition) is 1. The van der Waals surface area contributed by atoms with Crippen molar-refractivity contribution >= 4 is 11.6 Å². The van der Waals surface area contributed by atoms with E-state index in [1.807, 2.05) is 13.1 Å². The first kappa shape index (κ1) is 12.7. The molecule has 1 amide bonds. The largest absolute Gasteiger partial charge is 0.395 e. The van der Waals surface area contributed by atoms with Crippen LogP contribution in [-0.4, -0.2) is 24.7 Å². The van der Waals surface area contributed by atoms with E-state index in [9.17, 15) is 9.90 Å². The van der Waals surface area contributed by atoms with E-state index in [0.29, 0.717) is 0 Å². The Labute approximate surface area is 114 Å². The number of carbonyl (C=O) groups is 1. The van der Waals surface area contributed by atoms with Crippen molar-refractivity contribution in [2.75, 3.05) is 18.6 Å². The number of nitrogens with zero attached hydrogens (tertiary/aromatic N) is 1. The minimum atomic E-state index is -0.506. The van der Waals surface area contributed by atoms with Gasteiger partial charge in [-0.2, -0.15) is 0 Å². The van der Waals surface area contributed by atoms with Crippen molar-refractivity contribution in [3.05, 3.63) is 29.3 Å². The molecule has 1 fully saturated rings. The highest BCUT2D eigenvalue weighted by Gasteiger charge is 2.45. The summed E-state index contributed by atoms with van der Waals surface area (Å²) in [6.45, 7) is -0.0267. The van der Waals surface area contributed by atoms with Crippen molar-refractivity contribution in [2.45, 2.75) is 38.5 Å². The highest BCUT2D eigenvalue weighted by atomic mass is 16.3. The number of amides is 1. The summed E-state index contributed by atoms with van der Waals surface area (Å²) in [5, 5.41) is 9.51. The van der Waals surface area contributed by atoms with Crippen LogP contribution >= 0.6 is 0 Å². The fraction of sp³-hybridized carbons (Fsp3) is 0.562. The fourth-order valence-corrected chi connectivity index (χ4v) is 3.28. The van der Waals surface area contributed by atoms with Crippen molar-refractivity contribution in [2.24, 2.45) is 5.41 Å². The maximum Gasteiger partial charge on any atom is 0.235 e. The van der Waals surface area contributed by atoms with Crippen LogP contribution in [0.15, 0.2) is 18.2 Å². The lowest BCUT2D eigenvalue weighted by molar-refractivity contribution is -0.136. The molecule has 0 aliphatic heterocycles. The van der Waals surface area contributed by atoms with E-state index in [1.54, 1.807) is 4.90 Å². The number of anilines is 1. The molecule has 0 unspecified atom stereocenters. The molecule has 3 rings (SSSR count). The van der Waals surface area contributed by atoms with Gasteiger partial charge in [-0.15, -0.1) is 0 Å². The molecule has 1 N–H and O–H groups in total. The third-order valence-electron chi connectivity index (χ3n) is 4.84. The molecular formula is C16H21NO2. The number of aryl methyl sites for hydroxylation is 2. The number of aliphatic hydroxyl groups excluding tert-OH is 1. The molecule has 3 nitrogen and oxygen atoms in total. The molecule has 0 heterocycles. The Bertz CT molecular complexity index is 500. The zero-order valence-corrected chi connectivity index (χ0v) is 11.5. The second-order valence-corrected chi connectivity index (χ2v) is 5.96. The summed E-state index contributed by atoms with van der Waals surface area (Å²) in [6, 6.07) is 6.32. The van der Waals surface area contributed by atoms with Gasteiger partial charge in [0.15, 0.2) is 0 Å². The first-order chi connectivity index (χ1) is 9.16. The van der Waals surface area contributed by atoms with Crippen LogP contribution in [0.25, 0.3) is 0 Å². The van der Waals surface area contributed by atoms with Gasteiger partial charge in [0.1, 0.15) is 0 Å². The molecule has 0 spiro atoms. The third-order valence-corrected chi connectivity index (χ3v) is 4.84. The van der Waals surface area contributed by atoms with E-state index in [-0.39, 0.29) is 12.5 Å². The average molecular weight is 259 g/mol. The zero-order valence-electron chi connectivity index (χ0n) is 11.5.